The lowest BCUT2D eigenvalue weighted by atomic mass is 10.0. The van der Waals surface area contributed by atoms with Gasteiger partial charge < -0.3 is 4.90 Å². The number of hydrogen-bond acceptors (Lipinski definition) is 7. The molecule has 0 aliphatic carbocycles. The highest BCUT2D eigenvalue weighted by Crippen LogP contribution is 2.39. The molecule has 0 spiro atoms. The minimum atomic E-state index is -0.396. The van der Waals surface area contributed by atoms with Gasteiger partial charge in [0.1, 0.15) is 23.1 Å². The maximum atomic E-state index is 14.1. The molecule has 0 saturated carbocycles. The number of rotatable bonds is 7. The molecule has 2 fully saturated rings. The summed E-state index contributed by atoms with van der Waals surface area (Å²) in [7, 11) is 1.78. The molecule has 0 unspecified atom stereocenters. The Bertz CT molecular complexity index is 1770. The van der Waals surface area contributed by atoms with Crippen molar-refractivity contribution in [3.8, 4) is 11.8 Å². The molecule has 2 saturated heterocycles. The van der Waals surface area contributed by atoms with E-state index in [4.69, 9.17) is 12.2 Å². The van der Waals surface area contributed by atoms with Crippen molar-refractivity contribution in [2.75, 3.05) is 22.9 Å². The number of carbonyl (C=O) groups excluding carboxylic acids is 1. The Labute approximate surface area is 261 Å². The molecule has 9 nitrogen and oxygen atoms in total. The first kappa shape index (κ1) is 30.6. The van der Waals surface area contributed by atoms with E-state index in [0.29, 0.717) is 34.0 Å². The number of thioether (sulfide) groups is 1. The van der Waals surface area contributed by atoms with E-state index in [0.717, 1.165) is 69.2 Å². The van der Waals surface area contributed by atoms with Crippen molar-refractivity contribution in [2.24, 2.45) is 7.05 Å². The number of amides is 1. The molecule has 2 aliphatic rings. The molecule has 43 heavy (non-hydrogen) atoms. The van der Waals surface area contributed by atoms with Crippen LogP contribution < -0.4 is 20.9 Å². The molecule has 1 aromatic carbocycles. The van der Waals surface area contributed by atoms with Gasteiger partial charge in [0.2, 0.25) is 0 Å². The highest BCUT2D eigenvalue weighted by atomic mass is 32.2. The van der Waals surface area contributed by atoms with Gasteiger partial charge in [0.15, 0.2) is 4.32 Å². The lowest BCUT2D eigenvalue weighted by molar-refractivity contribution is -0.113. The molecule has 0 N–H and O–H groups in total. The summed E-state index contributed by atoms with van der Waals surface area (Å²) in [5.41, 5.74) is 2.18. The van der Waals surface area contributed by atoms with Crippen LogP contribution in [0.4, 0.5) is 11.5 Å². The zero-order valence-corrected chi connectivity index (χ0v) is 26.7. The van der Waals surface area contributed by atoms with Gasteiger partial charge in [-0.1, -0.05) is 68.4 Å². The molecular weight excluding hydrogens is 581 g/mol. The van der Waals surface area contributed by atoms with Gasteiger partial charge in [0.25, 0.3) is 17.0 Å². The summed E-state index contributed by atoms with van der Waals surface area (Å²) >= 11 is 6.83. The predicted octanol–water partition coefficient (Wildman–Crippen LogP) is 5.41. The van der Waals surface area contributed by atoms with Gasteiger partial charge in [0, 0.05) is 32.2 Å². The van der Waals surface area contributed by atoms with Crippen molar-refractivity contribution < 1.29 is 4.79 Å². The van der Waals surface area contributed by atoms with Crippen LogP contribution in [-0.4, -0.2) is 37.2 Å². The average Bonchev–Trinajstić information content (AvgIpc) is 3.24. The van der Waals surface area contributed by atoms with Crippen molar-refractivity contribution in [1.82, 2.24) is 13.9 Å². The standard InChI is InChI=1S/C32H36N6O3S2/c1-5-6-18-36-28(35-16-12-7-8-13-17-35)24(21(2)25(20-33)29(36)39)19-26-30(40)37(32(42)43-26)27-22(3)34(4)38(31(27)41)23-14-10-9-11-15-23/h9-11,14-15,19H,5-8,12-13,16-18H2,1-4H3/b26-19-. The summed E-state index contributed by atoms with van der Waals surface area (Å²) in [4.78, 5) is 45.3. The quantitative estimate of drug-likeness (QED) is 0.259. The van der Waals surface area contributed by atoms with Crippen LogP contribution >= 0.6 is 24.0 Å². The Balaban J connectivity index is 1.66. The normalized spacial score (nSPS) is 16.7. The number of nitrogens with zero attached hydrogens (tertiary/aromatic N) is 6. The molecule has 5 rings (SSSR count). The number of benzene rings is 1. The van der Waals surface area contributed by atoms with Crippen molar-refractivity contribution in [3.63, 3.8) is 0 Å². The molecule has 3 aromatic rings. The highest BCUT2D eigenvalue weighted by molar-refractivity contribution is 8.27. The topological polar surface area (TPSA) is 96.3 Å². The molecule has 2 aliphatic heterocycles. The number of hydrogen-bond donors (Lipinski definition) is 0. The summed E-state index contributed by atoms with van der Waals surface area (Å²) < 4.78 is 5.24. The Hall–Kier alpha value is -3.88. The van der Waals surface area contributed by atoms with Crippen LogP contribution in [0.15, 0.2) is 44.8 Å². The SMILES string of the molecule is CCCCn1c(N2CCCCCC2)c(/C=C2\SC(=S)N(c3c(C)n(C)n(-c4ccccc4)c3=O)C2=O)c(C)c(C#N)c1=O. The van der Waals surface area contributed by atoms with E-state index in [2.05, 4.69) is 17.9 Å². The van der Waals surface area contributed by atoms with Gasteiger partial charge in [-0.25, -0.2) is 4.68 Å². The first-order valence-corrected chi connectivity index (χ1v) is 16.0. The van der Waals surface area contributed by atoms with E-state index < -0.39 is 5.91 Å². The van der Waals surface area contributed by atoms with E-state index in [-0.39, 0.29) is 26.7 Å². The van der Waals surface area contributed by atoms with Crippen molar-refractivity contribution in [2.45, 2.75) is 65.8 Å². The van der Waals surface area contributed by atoms with Gasteiger partial charge >= 0.3 is 0 Å². The lowest BCUT2D eigenvalue weighted by Crippen LogP contribution is -2.35. The molecule has 2 aromatic heterocycles. The van der Waals surface area contributed by atoms with Crippen molar-refractivity contribution >= 4 is 51.8 Å². The molecule has 0 bridgehead atoms. The third-order valence-corrected chi connectivity index (χ3v) is 9.61. The van der Waals surface area contributed by atoms with Crippen molar-refractivity contribution in [3.05, 3.63) is 78.3 Å². The van der Waals surface area contributed by atoms with Crippen LogP contribution in [0.1, 0.15) is 67.8 Å². The first-order valence-electron chi connectivity index (χ1n) is 14.8. The second kappa shape index (κ2) is 12.8. The Morgan fingerprint density at radius 2 is 1.70 bits per heavy atom. The number of carbonyl (C=O) groups is 1. The summed E-state index contributed by atoms with van der Waals surface area (Å²) in [6.45, 7) is 7.71. The van der Waals surface area contributed by atoms with Crippen LogP contribution in [0.25, 0.3) is 11.8 Å². The maximum absolute atomic E-state index is 14.1. The number of aromatic nitrogens is 3. The Kier molecular flexibility index (Phi) is 9.08. The summed E-state index contributed by atoms with van der Waals surface area (Å²) in [6, 6.07) is 11.4. The number of unbranched alkanes of at least 4 members (excludes halogenated alkanes) is 1. The van der Waals surface area contributed by atoms with Crippen LogP contribution in [0.2, 0.25) is 0 Å². The van der Waals surface area contributed by atoms with Crippen molar-refractivity contribution in [1.29, 1.82) is 5.26 Å². The summed E-state index contributed by atoms with van der Waals surface area (Å²) in [6.07, 6.45) is 7.70. The number of para-hydroxylation sites is 1. The van der Waals surface area contributed by atoms with Gasteiger partial charge in [-0.05, 0) is 56.9 Å². The van der Waals surface area contributed by atoms with Gasteiger partial charge in [-0.3, -0.25) is 28.5 Å². The highest BCUT2D eigenvalue weighted by Gasteiger charge is 2.38. The number of thiocarbonyl (C=S) groups is 1. The monoisotopic (exact) mass is 616 g/mol. The van der Waals surface area contributed by atoms with Gasteiger partial charge in [-0.2, -0.15) is 5.26 Å². The van der Waals surface area contributed by atoms with E-state index in [1.54, 1.807) is 36.2 Å². The van der Waals surface area contributed by atoms with E-state index >= 15 is 0 Å². The molecule has 224 valence electrons. The lowest BCUT2D eigenvalue weighted by Gasteiger charge is -2.29. The maximum Gasteiger partial charge on any atom is 0.296 e. The van der Waals surface area contributed by atoms with Gasteiger partial charge in [0.05, 0.1) is 16.3 Å². The largest absolute Gasteiger partial charge is 0.357 e. The number of nitriles is 1. The van der Waals surface area contributed by atoms with E-state index in [1.165, 1.54) is 9.58 Å². The minimum absolute atomic E-state index is 0.0843. The van der Waals surface area contributed by atoms with E-state index in [9.17, 15) is 19.6 Å². The molecule has 0 atom stereocenters. The number of pyridine rings is 1. The molecular formula is C32H36N6O3S2. The Morgan fingerprint density at radius 1 is 1.02 bits per heavy atom. The average molecular weight is 617 g/mol. The fourth-order valence-corrected chi connectivity index (χ4v) is 7.15. The second-order valence-electron chi connectivity index (χ2n) is 11.0. The summed E-state index contributed by atoms with van der Waals surface area (Å²) in [5.74, 6) is 0.358. The third kappa shape index (κ3) is 5.50. The predicted molar refractivity (Wildman–Crippen MR) is 177 cm³/mol. The molecule has 0 radical (unpaired) electrons. The molecule has 4 heterocycles. The van der Waals surface area contributed by atoms with E-state index in [1.807, 2.05) is 30.3 Å². The first-order chi connectivity index (χ1) is 20.7. The van der Waals surface area contributed by atoms with Crippen LogP contribution in [0, 0.1) is 25.2 Å². The zero-order chi connectivity index (χ0) is 30.8. The van der Waals surface area contributed by atoms with Crippen LogP contribution in [0.3, 0.4) is 0 Å². The van der Waals surface area contributed by atoms with Crippen LogP contribution in [-0.2, 0) is 18.4 Å². The minimum Gasteiger partial charge on any atom is -0.357 e. The second-order valence-corrected chi connectivity index (χ2v) is 12.7. The molecule has 1 amide bonds. The fourth-order valence-electron chi connectivity index (χ4n) is 5.89. The zero-order valence-electron chi connectivity index (χ0n) is 25.1. The van der Waals surface area contributed by atoms with Gasteiger partial charge in [-0.15, -0.1) is 0 Å². The fraction of sp³-hybridized carbons (Fsp3) is 0.406. The smallest absolute Gasteiger partial charge is 0.296 e. The number of anilines is 2. The summed E-state index contributed by atoms with van der Waals surface area (Å²) in [5, 5.41) is 10.0. The Morgan fingerprint density at radius 3 is 2.33 bits per heavy atom. The third-order valence-electron chi connectivity index (χ3n) is 8.30. The molecule has 11 heteroatoms. The van der Waals surface area contributed by atoms with Crippen LogP contribution in [0.5, 0.6) is 0 Å².